The zero-order chi connectivity index (χ0) is 19.7. The number of carbonyl (C=O) groups excluding carboxylic acids is 3. The second-order valence-electron chi connectivity index (χ2n) is 7.10. The minimum absolute atomic E-state index is 0.302. The Morgan fingerprint density at radius 2 is 2.11 bits per heavy atom. The summed E-state index contributed by atoms with van der Waals surface area (Å²) in [5, 5.41) is 5.75. The van der Waals surface area contributed by atoms with Gasteiger partial charge in [-0.1, -0.05) is 25.0 Å². The van der Waals surface area contributed by atoms with Crippen LogP contribution < -0.4 is 10.6 Å². The van der Waals surface area contributed by atoms with Crippen LogP contribution in [0.3, 0.4) is 0 Å². The lowest BCUT2D eigenvalue weighted by atomic mass is 9.98. The molecule has 1 aromatic heterocycles. The molecule has 2 aliphatic rings. The largest absolute Gasteiger partial charge is 0.325 e. The molecule has 0 unspecified atom stereocenters. The topological polar surface area (TPSA) is 91.4 Å². The van der Waals surface area contributed by atoms with Crippen LogP contribution in [0.1, 0.15) is 36.1 Å². The molecule has 0 atom stereocenters. The summed E-state index contributed by atoms with van der Waals surface area (Å²) in [6.07, 6.45) is 5.13. The summed E-state index contributed by atoms with van der Waals surface area (Å²) in [7, 11) is 0. The number of imide groups is 1. The summed E-state index contributed by atoms with van der Waals surface area (Å²) in [6.45, 7) is -0.342. The van der Waals surface area contributed by atoms with E-state index in [4.69, 9.17) is 0 Å². The Morgan fingerprint density at radius 1 is 1.32 bits per heavy atom. The molecule has 1 saturated carbocycles. The average molecular weight is 402 g/mol. The van der Waals surface area contributed by atoms with Gasteiger partial charge in [0.15, 0.2) is 5.13 Å². The van der Waals surface area contributed by atoms with Crippen LogP contribution >= 0.6 is 11.3 Å². The Balaban J connectivity index is 1.36. The molecule has 0 bridgehead atoms. The Hall–Kier alpha value is -2.81. The van der Waals surface area contributed by atoms with Crippen LogP contribution in [0.5, 0.6) is 0 Å². The maximum absolute atomic E-state index is 13.3. The van der Waals surface area contributed by atoms with E-state index in [0.717, 1.165) is 28.2 Å². The fourth-order valence-electron chi connectivity index (χ4n) is 3.73. The number of rotatable bonds is 5. The van der Waals surface area contributed by atoms with Gasteiger partial charge in [-0.2, -0.15) is 0 Å². The maximum Gasteiger partial charge on any atom is 0.325 e. The number of amides is 4. The van der Waals surface area contributed by atoms with Gasteiger partial charge in [0, 0.05) is 17.5 Å². The molecule has 9 heteroatoms. The van der Waals surface area contributed by atoms with Crippen LogP contribution in [0, 0.1) is 5.82 Å². The summed E-state index contributed by atoms with van der Waals surface area (Å²) in [4.78, 5) is 43.0. The Bertz CT molecular complexity index is 939. The van der Waals surface area contributed by atoms with Crippen LogP contribution in [0.15, 0.2) is 30.5 Å². The van der Waals surface area contributed by atoms with Crippen molar-refractivity contribution in [2.45, 2.75) is 37.6 Å². The van der Waals surface area contributed by atoms with Gasteiger partial charge in [-0.25, -0.2) is 14.2 Å². The number of hydrogen-bond acceptors (Lipinski definition) is 5. The number of aromatic nitrogens is 1. The predicted octanol–water partition coefficient (Wildman–Crippen LogP) is 2.68. The van der Waals surface area contributed by atoms with Crippen molar-refractivity contribution in [3.8, 4) is 0 Å². The highest BCUT2D eigenvalue weighted by Gasteiger charge is 2.52. The van der Waals surface area contributed by atoms with Crippen molar-refractivity contribution in [3.63, 3.8) is 0 Å². The van der Waals surface area contributed by atoms with Gasteiger partial charge in [0.05, 0.1) is 0 Å². The fourth-order valence-corrected chi connectivity index (χ4v) is 4.60. The van der Waals surface area contributed by atoms with Gasteiger partial charge in [-0.3, -0.25) is 14.5 Å². The molecule has 4 amide bonds. The molecule has 1 aliphatic heterocycles. The lowest BCUT2D eigenvalue weighted by Crippen LogP contribution is -2.44. The molecule has 2 aromatic rings. The van der Waals surface area contributed by atoms with Crippen molar-refractivity contribution < 1.29 is 18.8 Å². The highest BCUT2D eigenvalue weighted by Crippen LogP contribution is 2.35. The molecule has 2 heterocycles. The van der Waals surface area contributed by atoms with Crippen molar-refractivity contribution >= 4 is 34.3 Å². The fraction of sp³-hybridized carbons (Fsp3) is 0.368. The molecule has 2 N–H and O–H groups in total. The van der Waals surface area contributed by atoms with E-state index in [2.05, 4.69) is 15.6 Å². The first-order chi connectivity index (χ1) is 13.4. The Labute approximate surface area is 164 Å². The Kier molecular flexibility index (Phi) is 4.84. The van der Waals surface area contributed by atoms with E-state index in [-0.39, 0.29) is 18.3 Å². The molecule has 4 rings (SSSR count). The van der Waals surface area contributed by atoms with E-state index in [1.54, 1.807) is 12.3 Å². The quantitative estimate of drug-likeness (QED) is 0.753. The molecule has 146 valence electrons. The SMILES string of the molecule is O=C(CN1C(=O)NC2(CCCC2)C1=O)Nc1ncc(Cc2cccc(F)c2)s1. The molecular weight excluding hydrogens is 383 g/mol. The number of nitrogens with one attached hydrogen (secondary N) is 2. The zero-order valence-corrected chi connectivity index (χ0v) is 15.9. The lowest BCUT2D eigenvalue weighted by molar-refractivity contribution is -0.133. The third kappa shape index (κ3) is 3.62. The van der Waals surface area contributed by atoms with Gasteiger partial charge in [0.2, 0.25) is 5.91 Å². The van der Waals surface area contributed by atoms with E-state index in [1.807, 2.05) is 6.07 Å². The van der Waals surface area contributed by atoms with E-state index in [0.29, 0.717) is 24.4 Å². The van der Waals surface area contributed by atoms with Gasteiger partial charge in [0.1, 0.15) is 17.9 Å². The molecule has 7 nitrogen and oxygen atoms in total. The number of benzene rings is 1. The molecule has 28 heavy (non-hydrogen) atoms. The van der Waals surface area contributed by atoms with Crippen molar-refractivity contribution in [3.05, 3.63) is 46.7 Å². The standard InChI is InChI=1S/C19H19FN4O3S/c20-13-5-3-4-12(8-13)9-14-10-21-17(28-14)22-15(25)11-24-16(26)19(23-18(24)27)6-1-2-7-19/h3-5,8,10H,1-2,6-7,9,11H2,(H,23,27)(H,21,22,25). The first-order valence-electron chi connectivity index (χ1n) is 9.08. The Morgan fingerprint density at radius 3 is 2.86 bits per heavy atom. The van der Waals surface area contributed by atoms with Gasteiger partial charge < -0.3 is 10.6 Å². The van der Waals surface area contributed by atoms with Crippen LogP contribution in [0.25, 0.3) is 0 Å². The third-order valence-electron chi connectivity index (χ3n) is 5.07. The van der Waals surface area contributed by atoms with E-state index in [1.165, 1.54) is 23.5 Å². The molecular formula is C19H19FN4O3S. The van der Waals surface area contributed by atoms with Crippen molar-refractivity contribution in [2.75, 3.05) is 11.9 Å². The highest BCUT2D eigenvalue weighted by molar-refractivity contribution is 7.15. The normalized spacial score (nSPS) is 18.0. The van der Waals surface area contributed by atoms with Crippen molar-refractivity contribution in [2.24, 2.45) is 0 Å². The lowest BCUT2D eigenvalue weighted by Gasteiger charge is -2.19. The first-order valence-corrected chi connectivity index (χ1v) is 9.90. The van der Waals surface area contributed by atoms with E-state index >= 15 is 0 Å². The average Bonchev–Trinajstić information content (AvgIpc) is 3.34. The first kappa shape index (κ1) is 18.5. The van der Waals surface area contributed by atoms with Gasteiger partial charge in [0.25, 0.3) is 5.91 Å². The molecule has 2 fully saturated rings. The van der Waals surface area contributed by atoms with Crippen LogP contribution in [-0.4, -0.2) is 39.8 Å². The van der Waals surface area contributed by atoms with Crippen LogP contribution in [0.4, 0.5) is 14.3 Å². The molecule has 1 aromatic carbocycles. The smallest absolute Gasteiger partial charge is 0.323 e. The molecule has 0 radical (unpaired) electrons. The molecule has 1 saturated heterocycles. The summed E-state index contributed by atoms with van der Waals surface area (Å²) in [5.41, 5.74) is -0.0147. The number of halogens is 1. The number of urea groups is 1. The monoisotopic (exact) mass is 402 g/mol. The molecule has 1 aliphatic carbocycles. The third-order valence-corrected chi connectivity index (χ3v) is 5.98. The van der Waals surface area contributed by atoms with E-state index < -0.39 is 17.5 Å². The number of nitrogens with zero attached hydrogens (tertiary/aromatic N) is 2. The summed E-state index contributed by atoms with van der Waals surface area (Å²) in [5.74, 6) is -1.11. The summed E-state index contributed by atoms with van der Waals surface area (Å²) < 4.78 is 13.3. The predicted molar refractivity (Wildman–Crippen MR) is 101 cm³/mol. The van der Waals surface area contributed by atoms with Gasteiger partial charge in [-0.15, -0.1) is 11.3 Å². The number of hydrogen-bond donors (Lipinski definition) is 2. The van der Waals surface area contributed by atoms with E-state index in [9.17, 15) is 18.8 Å². The van der Waals surface area contributed by atoms with Crippen molar-refractivity contribution in [1.82, 2.24) is 15.2 Å². The minimum atomic E-state index is -0.823. The summed E-state index contributed by atoms with van der Waals surface area (Å²) >= 11 is 1.27. The van der Waals surface area contributed by atoms with Crippen LogP contribution in [0.2, 0.25) is 0 Å². The van der Waals surface area contributed by atoms with Crippen LogP contribution in [-0.2, 0) is 16.0 Å². The minimum Gasteiger partial charge on any atom is -0.323 e. The highest BCUT2D eigenvalue weighted by atomic mass is 32.1. The zero-order valence-electron chi connectivity index (χ0n) is 15.0. The number of carbonyl (C=O) groups is 3. The number of thiazole rings is 1. The second-order valence-corrected chi connectivity index (χ2v) is 8.21. The van der Waals surface area contributed by atoms with Gasteiger partial charge >= 0.3 is 6.03 Å². The maximum atomic E-state index is 13.3. The second kappa shape index (κ2) is 7.31. The number of anilines is 1. The summed E-state index contributed by atoms with van der Waals surface area (Å²) in [6, 6.07) is 5.77. The van der Waals surface area contributed by atoms with Gasteiger partial charge in [-0.05, 0) is 30.5 Å². The molecule has 1 spiro atoms. The van der Waals surface area contributed by atoms with Crippen molar-refractivity contribution in [1.29, 1.82) is 0 Å².